The summed E-state index contributed by atoms with van der Waals surface area (Å²) in [5.41, 5.74) is 5.66. The third-order valence-electron chi connectivity index (χ3n) is 4.45. The van der Waals surface area contributed by atoms with Crippen LogP contribution in [0, 0.1) is 6.92 Å². The van der Waals surface area contributed by atoms with Gasteiger partial charge in [0.25, 0.3) is 0 Å². The summed E-state index contributed by atoms with van der Waals surface area (Å²) < 4.78 is 0. The third kappa shape index (κ3) is 2.48. The van der Waals surface area contributed by atoms with E-state index in [-0.39, 0.29) is 0 Å². The predicted octanol–water partition coefficient (Wildman–Crippen LogP) is 4.64. The zero-order valence-electron chi connectivity index (χ0n) is 12.0. The lowest BCUT2D eigenvalue weighted by atomic mass is 9.73. The fourth-order valence-corrected chi connectivity index (χ4v) is 3.43. The molecule has 0 heterocycles. The zero-order valence-corrected chi connectivity index (χ0v) is 12.7. The first-order chi connectivity index (χ1) is 9.69. The molecule has 0 saturated heterocycles. The highest BCUT2D eigenvalue weighted by molar-refractivity contribution is 6.30. The maximum absolute atomic E-state index is 6.16. The second-order valence-corrected chi connectivity index (χ2v) is 6.11. The summed E-state index contributed by atoms with van der Waals surface area (Å²) in [7, 11) is 2.04. The van der Waals surface area contributed by atoms with Crippen LogP contribution in [-0.2, 0) is 6.42 Å². The van der Waals surface area contributed by atoms with Crippen LogP contribution in [0.5, 0.6) is 0 Å². The first kappa shape index (κ1) is 13.7. The minimum atomic E-state index is 0.368. The summed E-state index contributed by atoms with van der Waals surface area (Å²) in [6.45, 7) is 2.16. The summed E-state index contributed by atoms with van der Waals surface area (Å²) in [6.07, 6.45) is 2.34. The van der Waals surface area contributed by atoms with Gasteiger partial charge in [0.05, 0.1) is 0 Å². The van der Waals surface area contributed by atoms with Crippen molar-refractivity contribution in [1.82, 2.24) is 5.32 Å². The monoisotopic (exact) mass is 285 g/mol. The molecule has 0 bridgehead atoms. The molecule has 3 rings (SSSR count). The minimum absolute atomic E-state index is 0.368. The van der Waals surface area contributed by atoms with E-state index in [0.29, 0.717) is 12.0 Å². The number of fused-ring (bicyclic) bond motifs is 1. The van der Waals surface area contributed by atoms with E-state index < -0.39 is 0 Å². The van der Waals surface area contributed by atoms with Crippen molar-refractivity contribution in [2.24, 2.45) is 0 Å². The van der Waals surface area contributed by atoms with E-state index in [0.717, 1.165) is 11.4 Å². The van der Waals surface area contributed by atoms with Crippen LogP contribution in [0.1, 0.15) is 40.6 Å². The van der Waals surface area contributed by atoms with E-state index in [2.05, 4.69) is 48.6 Å². The van der Waals surface area contributed by atoms with Crippen LogP contribution in [0.4, 0.5) is 0 Å². The van der Waals surface area contributed by atoms with Crippen LogP contribution in [0.3, 0.4) is 0 Å². The quantitative estimate of drug-likeness (QED) is 0.863. The summed E-state index contributed by atoms with van der Waals surface area (Å²) in [5.74, 6) is 0.669. The molecule has 0 radical (unpaired) electrons. The zero-order chi connectivity index (χ0) is 14.1. The smallest absolute Gasteiger partial charge is 0.0409 e. The molecule has 0 amide bonds. The summed E-state index contributed by atoms with van der Waals surface area (Å²) >= 11 is 6.16. The molecule has 0 aliphatic heterocycles. The number of aryl methyl sites for hydroxylation is 1. The Bertz CT molecular complexity index is 621. The maximum atomic E-state index is 6.16. The van der Waals surface area contributed by atoms with Crippen molar-refractivity contribution in [3.63, 3.8) is 0 Å². The molecule has 1 nitrogen and oxygen atoms in total. The molecule has 2 aromatic rings. The number of hydrogen-bond donors (Lipinski definition) is 1. The Morgan fingerprint density at radius 2 is 2.05 bits per heavy atom. The largest absolute Gasteiger partial charge is 0.313 e. The van der Waals surface area contributed by atoms with Gasteiger partial charge in [-0.25, -0.2) is 0 Å². The molecule has 1 N–H and O–H groups in total. The van der Waals surface area contributed by atoms with Gasteiger partial charge in [-0.05, 0) is 67.1 Å². The van der Waals surface area contributed by atoms with Gasteiger partial charge in [0, 0.05) is 11.1 Å². The van der Waals surface area contributed by atoms with E-state index in [9.17, 15) is 0 Å². The topological polar surface area (TPSA) is 12.0 Å². The minimum Gasteiger partial charge on any atom is -0.313 e. The lowest BCUT2D eigenvalue weighted by Gasteiger charge is -2.33. The second-order valence-electron chi connectivity index (χ2n) is 5.68. The molecule has 0 spiro atoms. The first-order valence-corrected chi connectivity index (χ1v) is 7.58. The Hall–Kier alpha value is -1.31. The highest BCUT2D eigenvalue weighted by atomic mass is 35.5. The molecule has 2 aromatic carbocycles. The molecule has 2 atom stereocenters. The number of rotatable bonds is 4. The molecular formula is C18H20ClN. The third-order valence-corrected chi connectivity index (χ3v) is 4.68. The fourth-order valence-electron chi connectivity index (χ4n) is 3.24. The second kappa shape index (κ2) is 5.59. The SMILES string of the molecule is CNC(CC1Cc2ccccc21)c1cc(Cl)ccc1C. The lowest BCUT2D eigenvalue weighted by Crippen LogP contribution is -2.25. The normalized spacial score (nSPS) is 18.2. The van der Waals surface area contributed by atoms with Gasteiger partial charge < -0.3 is 5.32 Å². The van der Waals surface area contributed by atoms with Gasteiger partial charge in [-0.1, -0.05) is 41.9 Å². The molecule has 1 aliphatic carbocycles. The van der Waals surface area contributed by atoms with Crippen LogP contribution in [-0.4, -0.2) is 7.05 Å². The Labute approximate surface area is 126 Å². The number of nitrogens with one attached hydrogen (secondary N) is 1. The Morgan fingerprint density at radius 3 is 2.80 bits per heavy atom. The van der Waals surface area contributed by atoms with Gasteiger partial charge in [0.2, 0.25) is 0 Å². The van der Waals surface area contributed by atoms with Crippen molar-refractivity contribution in [3.8, 4) is 0 Å². The molecule has 1 aliphatic rings. The molecule has 104 valence electrons. The molecule has 0 saturated carbocycles. The van der Waals surface area contributed by atoms with E-state index in [1.54, 1.807) is 0 Å². The maximum Gasteiger partial charge on any atom is 0.0409 e. The van der Waals surface area contributed by atoms with Crippen molar-refractivity contribution >= 4 is 11.6 Å². The van der Waals surface area contributed by atoms with Crippen LogP contribution < -0.4 is 5.32 Å². The lowest BCUT2D eigenvalue weighted by molar-refractivity contribution is 0.451. The van der Waals surface area contributed by atoms with Crippen molar-refractivity contribution in [1.29, 1.82) is 0 Å². The van der Waals surface area contributed by atoms with E-state index in [4.69, 9.17) is 11.6 Å². The Balaban J connectivity index is 1.80. The number of hydrogen-bond acceptors (Lipinski definition) is 1. The van der Waals surface area contributed by atoms with Crippen molar-refractivity contribution in [2.45, 2.75) is 31.7 Å². The number of benzene rings is 2. The summed E-state index contributed by atoms with van der Waals surface area (Å²) in [6, 6.07) is 15.3. The van der Waals surface area contributed by atoms with Crippen LogP contribution in [0.2, 0.25) is 5.02 Å². The molecule has 0 fully saturated rings. The van der Waals surface area contributed by atoms with E-state index >= 15 is 0 Å². The molecule has 0 aromatic heterocycles. The Kier molecular flexibility index (Phi) is 3.82. The van der Waals surface area contributed by atoms with Crippen LogP contribution in [0.15, 0.2) is 42.5 Å². The van der Waals surface area contributed by atoms with E-state index in [1.165, 1.54) is 28.7 Å². The van der Waals surface area contributed by atoms with Crippen LogP contribution >= 0.6 is 11.6 Å². The fraction of sp³-hybridized carbons (Fsp3) is 0.333. The summed E-state index contributed by atoms with van der Waals surface area (Å²) in [5, 5.41) is 4.28. The van der Waals surface area contributed by atoms with Crippen molar-refractivity contribution < 1.29 is 0 Å². The van der Waals surface area contributed by atoms with Gasteiger partial charge in [0.15, 0.2) is 0 Å². The highest BCUT2D eigenvalue weighted by Gasteiger charge is 2.28. The highest BCUT2D eigenvalue weighted by Crippen LogP contribution is 2.41. The van der Waals surface area contributed by atoms with Crippen molar-refractivity contribution in [2.75, 3.05) is 7.05 Å². The molecule has 2 unspecified atom stereocenters. The predicted molar refractivity (Wildman–Crippen MR) is 85.5 cm³/mol. The molecule has 20 heavy (non-hydrogen) atoms. The van der Waals surface area contributed by atoms with Gasteiger partial charge in [-0.3, -0.25) is 0 Å². The molecule has 2 heteroatoms. The standard InChI is InChI=1S/C18H20ClN/c1-12-7-8-15(19)11-17(12)18(20-2)10-14-9-13-5-3-4-6-16(13)14/h3-8,11,14,18,20H,9-10H2,1-2H3. The van der Waals surface area contributed by atoms with Crippen molar-refractivity contribution in [3.05, 3.63) is 69.7 Å². The van der Waals surface area contributed by atoms with Gasteiger partial charge >= 0.3 is 0 Å². The van der Waals surface area contributed by atoms with E-state index in [1.807, 2.05) is 13.1 Å². The first-order valence-electron chi connectivity index (χ1n) is 7.20. The van der Waals surface area contributed by atoms with Gasteiger partial charge in [-0.2, -0.15) is 0 Å². The summed E-state index contributed by atoms with van der Waals surface area (Å²) in [4.78, 5) is 0. The van der Waals surface area contributed by atoms with Gasteiger partial charge in [0.1, 0.15) is 0 Å². The average molecular weight is 286 g/mol. The Morgan fingerprint density at radius 1 is 1.25 bits per heavy atom. The average Bonchev–Trinajstić information content (AvgIpc) is 2.43. The number of halogens is 1. The molecular weight excluding hydrogens is 266 g/mol. The van der Waals surface area contributed by atoms with Gasteiger partial charge in [-0.15, -0.1) is 0 Å². The van der Waals surface area contributed by atoms with Crippen LogP contribution in [0.25, 0.3) is 0 Å².